The zero-order valence-corrected chi connectivity index (χ0v) is 11.4. The Kier molecular flexibility index (Phi) is 3.57. The third-order valence-electron chi connectivity index (χ3n) is 4.61. The monoisotopic (exact) mass is 273 g/mol. The van der Waals surface area contributed by atoms with Gasteiger partial charge in [0.05, 0.1) is 6.42 Å². The maximum Gasteiger partial charge on any atom is 0.304 e. The highest BCUT2D eigenvalue weighted by atomic mass is 16.4. The Balaban J connectivity index is 1.78. The predicted molar refractivity (Wildman–Crippen MR) is 74.2 cm³/mol. The molecule has 106 valence electrons. The zero-order valence-electron chi connectivity index (χ0n) is 11.4. The summed E-state index contributed by atoms with van der Waals surface area (Å²) in [7, 11) is 0. The fourth-order valence-electron chi connectivity index (χ4n) is 3.69. The van der Waals surface area contributed by atoms with Crippen molar-refractivity contribution in [2.24, 2.45) is 5.92 Å². The number of Topliss-reactive ketones (excluding diaryl/α,β-unsaturated/α-hetero) is 1. The fourth-order valence-corrected chi connectivity index (χ4v) is 3.69. The molecule has 4 heteroatoms. The third kappa shape index (κ3) is 2.48. The zero-order chi connectivity index (χ0) is 14.1. The van der Waals surface area contributed by atoms with Crippen LogP contribution in [0.2, 0.25) is 0 Å². The summed E-state index contributed by atoms with van der Waals surface area (Å²) in [6, 6.07) is 10.6. The Hall–Kier alpha value is -1.68. The highest BCUT2D eigenvalue weighted by molar-refractivity contribution is 5.87. The summed E-state index contributed by atoms with van der Waals surface area (Å²) in [6.45, 7) is 0.819. The van der Waals surface area contributed by atoms with Crippen LogP contribution in [0.4, 0.5) is 0 Å². The highest BCUT2D eigenvalue weighted by Crippen LogP contribution is 2.39. The Morgan fingerprint density at radius 2 is 2.00 bits per heavy atom. The smallest absolute Gasteiger partial charge is 0.304 e. The number of nitrogens with zero attached hydrogens (tertiary/aromatic N) is 1. The number of hydrogen-bond acceptors (Lipinski definition) is 3. The van der Waals surface area contributed by atoms with Crippen molar-refractivity contribution in [2.75, 3.05) is 0 Å². The molecule has 2 aliphatic rings. The van der Waals surface area contributed by atoms with E-state index in [0.717, 1.165) is 19.4 Å². The Morgan fingerprint density at radius 3 is 2.70 bits per heavy atom. The maximum atomic E-state index is 12.1. The molecule has 3 rings (SSSR count). The van der Waals surface area contributed by atoms with Crippen LogP contribution >= 0.6 is 0 Å². The molecule has 4 nitrogen and oxygen atoms in total. The van der Waals surface area contributed by atoms with Crippen molar-refractivity contribution in [1.29, 1.82) is 0 Å². The van der Waals surface area contributed by atoms with Crippen LogP contribution in [0.3, 0.4) is 0 Å². The number of ketones is 1. The van der Waals surface area contributed by atoms with Crippen LogP contribution in [0.1, 0.15) is 31.2 Å². The molecule has 3 atom stereocenters. The van der Waals surface area contributed by atoms with Gasteiger partial charge in [0.15, 0.2) is 0 Å². The molecule has 0 radical (unpaired) electrons. The van der Waals surface area contributed by atoms with Crippen LogP contribution in [0.15, 0.2) is 30.3 Å². The van der Waals surface area contributed by atoms with Gasteiger partial charge in [-0.3, -0.25) is 14.5 Å². The fraction of sp³-hybridized carbons (Fsp3) is 0.500. The largest absolute Gasteiger partial charge is 0.481 e. The molecule has 3 unspecified atom stereocenters. The third-order valence-corrected chi connectivity index (χ3v) is 4.61. The lowest BCUT2D eigenvalue weighted by atomic mass is 9.86. The van der Waals surface area contributed by atoms with Gasteiger partial charge in [-0.15, -0.1) is 0 Å². The molecule has 0 amide bonds. The molecular formula is C16H19NO3. The standard InChI is InChI=1S/C16H19NO3/c18-15-8-12-6-7-14(13(15)9-16(19)20)17(12)10-11-4-2-1-3-5-11/h1-5,12-14H,6-10H2,(H,19,20). The van der Waals surface area contributed by atoms with Crippen molar-refractivity contribution in [3.05, 3.63) is 35.9 Å². The minimum atomic E-state index is -0.867. The average molecular weight is 273 g/mol. The number of hydrogen-bond donors (Lipinski definition) is 1. The van der Waals surface area contributed by atoms with E-state index in [1.165, 1.54) is 5.56 Å². The van der Waals surface area contributed by atoms with Gasteiger partial charge in [0.25, 0.3) is 0 Å². The molecule has 0 aliphatic carbocycles. The van der Waals surface area contributed by atoms with Crippen LogP contribution in [0, 0.1) is 5.92 Å². The van der Waals surface area contributed by atoms with E-state index in [4.69, 9.17) is 5.11 Å². The van der Waals surface area contributed by atoms with Crippen LogP contribution < -0.4 is 0 Å². The van der Waals surface area contributed by atoms with Crippen molar-refractivity contribution < 1.29 is 14.7 Å². The van der Waals surface area contributed by atoms with Gasteiger partial charge in [-0.2, -0.15) is 0 Å². The molecule has 2 fully saturated rings. The Bertz CT molecular complexity index is 514. The molecule has 20 heavy (non-hydrogen) atoms. The van der Waals surface area contributed by atoms with Crippen LogP contribution in [-0.2, 0) is 16.1 Å². The topological polar surface area (TPSA) is 57.6 Å². The van der Waals surface area contributed by atoms with E-state index in [1.54, 1.807) is 0 Å². The number of carboxylic acids is 1. The number of piperidine rings is 1. The van der Waals surface area contributed by atoms with Gasteiger partial charge in [-0.25, -0.2) is 0 Å². The molecule has 2 bridgehead atoms. The second-order valence-corrected chi connectivity index (χ2v) is 5.83. The molecular weight excluding hydrogens is 254 g/mol. The van der Waals surface area contributed by atoms with E-state index in [-0.39, 0.29) is 24.2 Å². The number of carbonyl (C=O) groups excluding carboxylic acids is 1. The first-order chi connectivity index (χ1) is 9.65. The summed E-state index contributed by atoms with van der Waals surface area (Å²) in [5.41, 5.74) is 1.23. The summed E-state index contributed by atoms with van der Waals surface area (Å²) in [6.07, 6.45) is 2.45. The van der Waals surface area contributed by atoms with Gasteiger partial charge in [0.1, 0.15) is 5.78 Å². The summed E-state index contributed by atoms with van der Waals surface area (Å²) in [4.78, 5) is 25.4. The van der Waals surface area contributed by atoms with E-state index in [0.29, 0.717) is 12.5 Å². The Labute approximate surface area is 118 Å². The van der Waals surface area contributed by atoms with Crippen molar-refractivity contribution in [2.45, 2.75) is 44.3 Å². The first kappa shape index (κ1) is 13.3. The molecule has 1 N–H and O–H groups in total. The minimum absolute atomic E-state index is 0.0263. The molecule has 0 saturated carbocycles. The van der Waals surface area contributed by atoms with Gasteiger partial charge in [0.2, 0.25) is 0 Å². The number of fused-ring (bicyclic) bond motifs is 2. The lowest BCUT2D eigenvalue weighted by molar-refractivity contribution is -0.143. The second-order valence-electron chi connectivity index (χ2n) is 5.83. The van der Waals surface area contributed by atoms with E-state index < -0.39 is 5.97 Å². The number of carboxylic acid groups (broad SMARTS) is 1. The molecule has 2 aliphatic heterocycles. The van der Waals surface area contributed by atoms with Gasteiger partial charge in [-0.1, -0.05) is 30.3 Å². The normalized spacial score (nSPS) is 29.6. The van der Waals surface area contributed by atoms with Crippen LogP contribution in [-0.4, -0.2) is 33.8 Å². The number of carbonyl (C=O) groups is 2. The first-order valence-electron chi connectivity index (χ1n) is 7.19. The molecule has 1 aromatic carbocycles. The van der Waals surface area contributed by atoms with E-state index in [9.17, 15) is 9.59 Å². The van der Waals surface area contributed by atoms with Gasteiger partial charge < -0.3 is 5.11 Å². The van der Waals surface area contributed by atoms with Gasteiger partial charge in [0, 0.05) is 31.0 Å². The number of benzene rings is 1. The van der Waals surface area contributed by atoms with Gasteiger partial charge in [-0.05, 0) is 18.4 Å². The average Bonchev–Trinajstić information content (AvgIpc) is 2.71. The van der Waals surface area contributed by atoms with Gasteiger partial charge >= 0.3 is 5.97 Å². The maximum absolute atomic E-state index is 12.1. The van der Waals surface area contributed by atoms with E-state index >= 15 is 0 Å². The van der Waals surface area contributed by atoms with Crippen molar-refractivity contribution in [1.82, 2.24) is 4.90 Å². The van der Waals surface area contributed by atoms with Crippen molar-refractivity contribution >= 4 is 11.8 Å². The molecule has 0 aromatic heterocycles. The number of rotatable bonds is 4. The van der Waals surface area contributed by atoms with E-state index in [2.05, 4.69) is 17.0 Å². The number of aliphatic carboxylic acids is 1. The van der Waals surface area contributed by atoms with Crippen molar-refractivity contribution in [3.8, 4) is 0 Å². The molecule has 1 aromatic rings. The summed E-state index contributed by atoms with van der Waals surface area (Å²) in [5.74, 6) is -1.05. The highest BCUT2D eigenvalue weighted by Gasteiger charge is 2.46. The lowest BCUT2D eigenvalue weighted by Gasteiger charge is -2.38. The van der Waals surface area contributed by atoms with Crippen molar-refractivity contribution in [3.63, 3.8) is 0 Å². The summed E-state index contributed by atoms with van der Waals surface area (Å²) < 4.78 is 0. The predicted octanol–water partition coefficient (Wildman–Crippen LogP) is 2.08. The first-order valence-corrected chi connectivity index (χ1v) is 7.19. The molecule has 0 spiro atoms. The van der Waals surface area contributed by atoms with Crippen LogP contribution in [0.25, 0.3) is 0 Å². The summed E-state index contributed by atoms with van der Waals surface area (Å²) >= 11 is 0. The van der Waals surface area contributed by atoms with Crippen LogP contribution in [0.5, 0.6) is 0 Å². The summed E-state index contributed by atoms with van der Waals surface area (Å²) in [5, 5.41) is 9.02. The SMILES string of the molecule is O=C(O)CC1C(=O)CC2CCC1N2Cc1ccccc1. The minimum Gasteiger partial charge on any atom is -0.481 e. The molecule has 2 heterocycles. The van der Waals surface area contributed by atoms with E-state index in [1.807, 2.05) is 18.2 Å². The second kappa shape index (κ2) is 5.37. The Morgan fingerprint density at radius 1 is 1.25 bits per heavy atom. The quantitative estimate of drug-likeness (QED) is 0.912. The lowest BCUT2D eigenvalue weighted by Crippen LogP contribution is -2.49. The molecule has 2 saturated heterocycles.